The third-order valence-electron chi connectivity index (χ3n) is 6.59. The van der Waals surface area contributed by atoms with Gasteiger partial charge in [0.1, 0.15) is 5.84 Å². The molecule has 3 heterocycles. The van der Waals surface area contributed by atoms with Crippen molar-refractivity contribution < 1.29 is 4.84 Å². The van der Waals surface area contributed by atoms with Crippen LogP contribution in [0, 0.1) is 13.8 Å². The Bertz CT molecular complexity index is 1150. The van der Waals surface area contributed by atoms with Gasteiger partial charge in [0, 0.05) is 30.6 Å². The number of aliphatic imine (C=N–C) groups is 1. The number of rotatable bonds is 8. The summed E-state index contributed by atoms with van der Waals surface area (Å²) in [5.41, 5.74) is 10.7. The van der Waals surface area contributed by atoms with Crippen molar-refractivity contribution >= 4 is 11.7 Å². The molecule has 0 atom stereocenters. The maximum atomic E-state index is 5.27. The second kappa shape index (κ2) is 10.3. The molecule has 0 aliphatic carbocycles. The van der Waals surface area contributed by atoms with Gasteiger partial charge in [0.15, 0.2) is 12.5 Å². The zero-order chi connectivity index (χ0) is 23.3. The number of hydrogen-bond acceptors (Lipinski definition) is 6. The monoisotopic (exact) mass is 455 g/mol. The predicted molar refractivity (Wildman–Crippen MR) is 138 cm³/mol. The van der Waals surface area contributed by atoms with Crippen LogP contribution in [-0.2, 0) is 11.3 Å². The molecule has 176 valence electrons. The maximum Gasteiger partial charge on any atom is 0.166 e. The largest absolute Gasteiger partial charge is 0.355 e. The fourth-order valence-corrected chi connectivity index (χ4v) is 4.63. The van der Waals surface area contributed by atoms with Gasteiger partial charge in [-0.15, -0.1) is 0 Å². The van der Waals surface area contributed by atoms with Crippen LogP contribution in [0.1, 0.15) is 48.9 Å². The molecular weight excluding hydrogens is 422 g/mol. The first kappa shape index (κ1) is 22.5. The number of amidine groups is 1. The van der Waals surface area contributed by atoms with Gasteiger partial charge in [-0.3, -0.25) is 10.3 Å². The fourth-order valence-electron chi connectivity index (χ4n) is 4.63. The lowest BCUT2D eigenvalue weighted by atomic mass is 10.0. The van der Waals surface area contributed by atoms with Gasteiger partial charge in [-0.1, -0.05) is 66.1 Å². The number of fused-ring (bicyclic) bond motifs is 1. The van der Waals surface area contributed by atoms with E-state index in [-0.39, 0.29) is 0 Å². The van der Waals surface area contributed by atoms with E-state index in [0.717, 1.165) is 91.5 Å². The van der Waals surface area contributed by atoms with Crippen LogP contribution in [0.3, 0.4) is 0 Å². The van der Waals surface area contributed by atoms with Crippen molar-refractivity contribution in [1.82, 2.24) is 15.4 Å². The number of nitrogens with one attached hydrogen (secondary N) is 1. The SMILES string of the molecule is Cc1ccc(-c2nc3c(nc2-c2ccc(C)cc2)N(CCCCCC2=NCON2)CCC3)cc1. The lowest BCUT2D eigenvalue weighted by Crippen LogP contribution is -2.32. The minimum absolute atomic E-state index is 0.437. The molecule has 0 spiro atoms. The number of nitrogens with zero attached hydrogens (tertiary/aromatic N) is 4. The summed E-state index contributed by atoms with van der Waals surface area (Å²) in [5.74, 6) is 2.04. The molecule has 0 amide bonds. The van der Waals surface area contributed by atoms with Crippen LogP contribution in [0.15, 0.2) is 53.5 Å². The third-order valence-corrected chi connectivity index (χ3v) is 6.59. The number of hydrogen-bond donors (Lipinski definition) is 1. The molecule has 1 N–H and O–H groups in total. The Balaban J connectivity index is 1.39. The van der Waals surface area contributed by atoms with Crippen molar-refractivity contribution in [3.05, 3.63) is 65.4 Å². The minimum Gasteiger partial charge on any atom is -0.355 e. The van der Waals surface area contributed by atoms with E-state index < -0.39 is 0 Å². The minimum atomic E-state index is 0.437. The normalized spacial score (nSPS) is 15.1. The molecule has 0 radical (unpaired) electrons. The summed E-state index contributed by atoms with van der Waals surface area (Å²) in [6, 6.07) is 17.3. The molecule has 0 saturated heterocycles. The van der Waals surface area contributed by atoms with E-state index in [0.29, 0.717) is 6.73 Å². The number of aromatic nitrogens is 2. The standard InChI is InChI=1S/C28H33N5O/c1-20-9-13-22(14-10-20)26-27(23-15-11-21(2)12-16-23)31-28-24(30-26)7-6-18-33(28)17-5-3-4-8-25-29-19-34-32-25/h9-16H,3-8,17-19H2,1-2H3,(H,29,32). The molecular formula is C28H33N5O. The second-order valence-corrected chi connectivity index (χ2v) is 9.30. The third kappa shape index (κ3) is 5.12. The van der Waals surface area contributed by atoms with E-state index in [4.69, 9.17) is 14.8 Å². The topological polar surface area (TPSA) is 62.6 Å². The van der Waals surface area contributed by atoms with Crippen molar-refractivity contribution in [2.45, 2.75) is 52.4 Å². The number of benzene rings is 2. The molecule has 34 heavy (non-hydrogen) atoms. The molecule has 2 aromatic carbocycles. The summed E-state index contributed by atoms with van der Waals surface area (Å²) >= 11 is 0. The highest BCUT2D eigenvalue weighted by atomic mass is 16.7. The number of anilines is 1. The number of aryl methyl sites for hydroxylation is 3. The van der Waals surface area contributed by atoms with Crippen LogP contribution in [0.25, 0.3) is 22.5 Å². The van der Waals surface area contributed by atoms with E-state index in [1.54, 1.807) is 0 Å². The molecule has 0 fully saturated rings. The average molecular weight is 456 g/mol. The molecule has 1 aromatic heterocycles. The van der Waals surface area contributed by atoms with Crippen LogP contribution in [0.4, 0.5) is 5.82 Å². The Hall–Kier alpha value is -3.25. The lowest BCUT2D eigenvalue weighted by Gasteiger charge is -2.30. The van der Waals surface area contributed by atoms with E-state index in [1.807, 2.05) is 0 Å². The zero-order valence-electron chi connectivity index (χ0n) is 20.2. The van der Waals surface area contributed by atoms with Crippen LogP contribution >= 0.6 is 0 Å². The van der Waals surface area contributed by atoms with Crippen molar-refractivity contribution in [2.24, 2.45) is 4.99 Å². The molecule has 2 aliphatic rings. The molecule has 3 aromatic rings. The van der Waals surface area contributed by atoms with Crippen LogP contribution in [-0.4, -0.2) is 35.6 Å². The van der Waals surface area contributed by atoms with E-state index in [9.17, 15) is 0 Å². The van der Waals surface area contributed by atoms with Gasteiger partial charge in [0.25, 0.3) is 0 Å². The summed E-state index contributed by atoms with van der Waals surface area (Å²) in [6.45, 7) is 6.72. The summed E-state index contributed by atoms with van der Waals surface area (Å²) in [6.07, 6.45) is 6.46. The van der Waals surface area contributed by atoms with Gasteiger partial charge >= 0.3 is 0 Å². The Labute approximate surface area is 202 Å². The zero-order valence-corrected chi connectivity index (χ0v) is 20.2. The van der Waals surface area contributed by atoms with Crippen molar-refractivity contribution in [1.29, 1.82) is 0 Å². The molecule has 6 nitrogen and oxygen atoms in total. The predicted octanol–water partition coefficient (Wildman–Crippen LogP) is 5.63. The first-order valence-corrected chi connectivity index (χ1v) is 12.4. The van der Waals surface area contributed by atoms with Crippen LogP contribution < -0.4 is 10.4 Å². The number of hydroxylamine groups is 1. The van der Waals surface area contributed by atoms with Gasteiger partial charge in [0.2, 0.25) is 0 Å². The highest BCUT2D eigenvalue weighted by Gasteiger charge is 2.23. The highest BCUT2D eigenvalue weighted by molar-refractivity contribution is 5.82. The van der Waals surface area contributed by atoms with Gasteiger partial charge in [-0.25, -0.2) is 15.0 Å². The average Bonchev–Trinajstić information content (AvgIpc) is 3.38. The van der Waals surface area contributed by atoms with Crippen LogP contribution in [0.2, 0.25) is 0 Å². The molecule has 6 heteroatoms. The van der Waals surface area contributed by atoms with Gasteiger partial charge < -0.3 is 4.90 Å². The number of unbranched alkanes of at least 4 members (excludes halogenated alkanes) is 2. The van der Waals surface area contributed by atoms with Crippen molar-refractivity contribution in [3.8, 4) is 22.5 Å². The van der Waals surface area contributed by atoms with E-state index >= 15 is 0 Å². The smallest absolute Gasteiger partial charge is 0.166 e. The molecule has 2 aliphatic heterocycles. The quantitative estimate of drug-likeness (QED) is 0.446. The molecule has 5 rings (SSSR count). The summed E-state index contributed by atoms with van der Waals surface area (Å²) in [7, 11) is 0. The van der Waals surface area contributed by atoms with Crippen molar-refractivity contribution in [3.63, 3.8) is 0 Å². The highest BCUT2D eigenvalue weighted by Crippen LogP contribution is 2.35. The fraction of sp³-hybridized carbons (Fsp3) is 0.393. The summed E-state index contributed by atoms with van der Waals surface area (Å²) in [5, 5.41) is 0. The first-order chi connectivity index (χ1) is 16.7. The van der Waals surface area contributed by atoms with Gasteiger partial charge in [-0.05, 0) is 39.5 Å². The maximum absolute atomic E-state index is 5.27. The van der Waals surface area contributed by atoms with Gasteiger partial charge in [-0.2, -0.15) is 0 Å². The van der Waals surface area contributed by atoms with Gasteiger partial charge in [0.05, 0.1) is 17.1 Å². The second-order valence-electron chi connectivity index (χ2n) is 9.30. The Morgan fingerprint density at radius 3 is 2.18 bits per heavy atom. The Morgan fingerprint density at radius 1 is 0.853 bits per heavy atom. The van der Waals surface area contributed by atoms with E-state index in [1.165, 1.54) is 11.1 Å². The summed E-state index contributed by atoms with van der Waals surface area (Å²) < 4.78 is 0. The Morgan fingerprint density at radius 2 is 1.53 bits per heavy atom. The Kier molecular flexibility index (Phi) is 6.86. The van der Waals surface area contributed by atoms with Crippen molar-refractivity contribution in [2.75, 3.05) is 24.7 Å². The molecule has 0 bridgehead atoms. The lowest BCUT2D eigenvalue weighted by molar-refractivity contribution is 0.114. The van der Waals surface area contributed by atoms with E-state index in [2.05, 4.69) is 77.8 Å². The molecule has 0 saturated carbocycles. The molecule has 0 unspecified atom stereocenters. The summed E-state index contributed by atoms with van der Waals surface area (Å²) in [4.78, 5) is 22.3. The van der Waals surface area contributed by atoms with Crippen LogP contribution in [0.5, 0.6) is 0 Å². The first-order valence-electron chi connectivity index (χ1n) is 12.4.